The Kier molecular flexibility index (Phi) is 9.84. The van der Waals surface area contributed by atoms with E-state index in [1.807, 2.05) is 6.92 Å². The molecule has 2 amide bonds. The van der Waals surface area contributed by atoms with Crippen LogP contribution in [0.15, 0.2) is 30.4 Å². The van der Waals surface area contributed by atoms with Crippen molar-refractivity contribution in [2.45, 2.75) is 45.2 Å². The number of methoxy groups -OCH3 is 1. The third-order valence-electron chi connectivity index (χ3n) is 3.81. The van der Waals surface area contributed by atoms with Gasteiger partial charge in [-0.25, -0.2) is 13.6 Å². The number of amides is 2. The molecule has 1 aromatic rings. The van der Waals surface area contributed by atoms with Gasteiger partial charge >= 0.3 is 5.97 Å². The molecular formula is C20H25F2N2O4. The first-order valence-corrected chi connectivity index (χ1v) is 8.90. The van der Waals surface area contributed by atoms with Crippen LogP contribution in [0.5, 0.6) is 0 Å². The van der Waals surface area contributed by atoms with E-state index in [0.717, 1.165) is 18.6 Å². The minimum atomic E-state index is -1.15. The molecule has 0 saturated heterocycles. The van der Waals surface area contributed by atoms with E-state index >= 15 is 0 Å². The highest BCUT2D eigenvalue weighted by atomic mass is 19.1. The molecule has 0 aliphatic carbocycles. The Morgan fingerprint density at radius 2 is 1.79 bits per heavy atom. The summed E-state index contributed by atoms with van der Waals surface area (Å²) in [6.45, 7) is 3.51. The van der Waals surface area contributed by atoms with Crippen LogP contribution < -0.4 is 10.6 Å². The molecule has 0 aliphatic rings. The number of esters is 1. The number of hydrogen-bond donors (Lipinski definition) is 2. The van der Waals surface area contributed by atoms with E-state index in [1.54, 1.807) is 13.0 Å². The van der Waals surface area contributed by atoms with Gasteiger partial charge in [-0.1, -0.05) is 26.3 Å². The van der Waals surface area contributed by atoms with Crippen molar-refractivity contribution in [3.8, 4) is 0 Å². The zero-order valence-corrected chi connectivity index (χ0v) is 16.1. The Balaban J connectivity index is 2.99. The fourth-order valence-electron chi connectivity index (χ4n) is 2.41. The van der Waals surface area contributed by atoms with E-state index in [9.17, 15) is 23.2 Å². The van der Waals surface area contributed by atoms with Crippen molar-refractivity contribution in [2.24, 2.45) is 0 Å². The molecule has 2 atom stereocenters. The van der Waals surface area contributed by atoms with Gasteiger partial charge in [0.15, 0.2) is 0 Å². The first-order chi connectivity index (χ1) is 13.3. The van der Waals surface area contributed by atoms with Crippen LogP contribution in [-0.2, 0) is 25.5 Å². The number of benzene rings is 1. The molecule has 0 bridgehead atoms. The number of ether oxygens (including phenoxy) is 1. The Labute approximate surface area is 163 Å². The summed E-state index contributed by atoms with van der Waals surface area (Å²) in [6.07, 6.45) is 5.75. The van der Waals surface area contributed by atoms with Gasteiger partial charge in [0.25, 0.3) is 0 Å². The molecule has 1 radical (unpaired) electrons. The quantitative estimate of drug-likeness (QED) is 0.470. The number of rotatable bonds is 10. The van der Waals surface area contributed by atoms with E-state index in [-0.39, 0.29) is 12.0 Å². The largest absolute Gasteiger partial charge is 0.467 e. The SMILES string of the molecule is C[CH][C@H](NC(=O)[C@H](Cc1cc(F)cc(F)c1)NC(=O)/C=C/CCC)C(=O)OC. The lowest BCUT2D eigenvalue weighted by Gasteiger charge is -2.21. The maximum absolute atomic E-state index is 13.5. The van der Waals surface area contributed by atoms with E-state index < -0.39 is 41.5 Å². The zero-order valence-electron chi connectivity index (χ0n) is 16.1. The molecule has 0 saturated carbocycles. The number of halogens is 2. The zero-order chi connectivity index (χ0) is 21.1. The third-order valence-corrected chi connectivity index (χ3v) is 3.81. The first-order valence-electron chi connectivity index (χ1n) is 8.90. The Morgan fingerprint density at radius 3 is 2.32 bits per heavy atom. The number of carbonyl (C=O) groups excluding carboxylic acids is 3. The van der Waals surface area contributed by atoms with Gasteiger partial charge in [0.05, 0.1) is 7.11 Å². The van der Waals surface area contributed by atoms with Crippen molar-refractivity contribution in [3.05, 3.63) is 54.0 Å². The number of nitrogens with one attached hydrogen (secondary N) is 2. The van der Waals surface area contributed by atoms with Crippen LogP contribution in [0.2, 0.25) is 0 Å². The molecule has 0 heterocycles. The molecule has 1 aromatic carbocycles. The third kappa shape index (κ3) is 7.85. The van der Waals surface area contributed by atoms with Crippen LogP contribution in [-0.4, -0.2) is 37.0 Å². The molecular weight excluding hydrogens is 370 g/mol. The molecule has 1 rings (SSSR count). The van der Waals surface area contributed by atoms with Gasteiger partial charge in [-0.3, -0.25) is 9.59 Å². The minimum Gasteiger partial charge on any atom is -0.467 e. The summed E-state index contributed by atoms with van der Waals surface area (Å²) < 4.78 is 31.5. The highest BCUT2D eigenvalue weighted by Crippen LogP contribution is 2.11. The van der Waals surface area contributed by atoms with Crippen LogP contribution in [0.3, 0.4) is 0 Å². The van der Waals surface area contributed by atoms with Gasteiger partial charge in [0.1, 0.15) is 23.7 Å². The normalized spacial score (nSPS) is 13.0. The van der Waals surface area contributed by atoms with Gasteiger partial charge < -0.3 is 15.4 Å². The Morgan fingerprint density at radius 1 is 1.14 bits per heavy atom. The van der Waals surface area contributed by atoms with Crippen LogP contribution in [0.1, 0.15) is 32.3 Å². The molecule has 0 unspecified atom stereocenters. The number of unbranched alkanes of at least 4 members (excludes halogenated alkanes) is 1. The van der Waals surface area contributed by atoms with Gasteiger partial charge in [-0.05, 0) is 36.6 Å². The van der Waals surface area contributed by atoms with Gasteiger partial charge in [-0.15, -0.1) is 0 Å². The second-order valence-corrected chi connectivity index (χ2v) is 6.08. The van der Waals surface area contributed by atoms with E-state index in [4.69, 9.17) is 0 Å². The fraction of sp³-hybridized carbons (Fsp3) is 0.400. The maximum atomic E-state index is 13.5. The second-order valence-electron chi connectivity index (χ2n) is 6.08. The highest BCUT2D eigenvalue weighted by Gasteiger charge is 2.26. The monoisotopic (exact) mass is 395 g/mol. The van der Waals surface area contributed by atoms with Crippen LogP contribution in [0, 0.1) is 18.1 Å². The first kappa shape index (κ1) is 23.3. The summed E-state index contributed by atoms with van der Waals surface area (Å²) in [5, 5.41) is 4.95. The van der Waals surface area contributed by atoms with Crippen molar-refractivity contribution >= 4 is 17.8 Å². The topological polar surface area (TPSA) is 84.5 Å². The highest BCUT2D eigenvalue weighted by molar-refractivity contribution is 5.94. The summed E-state index contributed by atoms with van der Waals surface area (Å²) in [5.74, 6) is -3.48. The number of hydrogen-bond acceptors (Lipinski definition) is 4. The van der Waals surface area contributed by atoms with E-state index in [0.29, 0.717) is 12.5 Å². The number of allylic oxidation sites excluding steroid dienone is 1. The predicted molar refractivity (Wildman–Crippen MR) is 100.0 cm³/mol. The molecule has 0 spiro atoms. The average molecular weight is 395 g/mol. The van der Waals surface area contributed by atoms with Crippen molar-refractivity contribution in [1.29, 1.82) is 0 Å². The smallest absolute Gasteiger partial charge is 0.328 e. The molecule has 0 fully saturated rings. The van der Waals surface area contributed by atoms with Crippen molar-refractivity contribution < 1.29 is 27.9 Å². The molecule has 153 valence electrons. The minimum absolute atomic E-state index is 0.161. The van der Waals surface area contributed by atoms with E-state index in [1.165, 1.54) is 19.6 Å². The lowest BCUT2D eigenvalue weighted by Crippen LogP contribution is -2.52. The van der Waals surface area contributed by atoms with Gasteiger partial charge in [0.2, 0.25) is 11.8 Å². The lowest BCUT2D eigenvalue weighted by molar-refractivity contribution is -0.144. The van der Waals surface area contributed by atoms with Gasteiger partial charge in [0, 0.05) is 12.5 Å². The number of carbonyl (C=O) groups is 3. The van der Waals surface area contributed by atoms with Crippen molar-refractivity contribution in [3.63, 3.8) is 0 Å². The van der Waals surface area contributed by atoms with Crippen LogP contribution in [0.25, 0.3) is 0 Å². The predicted octanol–water partition coefficient (Wildman–Crippen LogP) is 2.23. The van der Waals surface area contributed by atoms with Crippen LogP contribution >= 0.6 is 0 Å². The lowest BCUT2D eigenvalue weighted by atomic mass is 10.0. The molecule has 8 heteroatoms. The molecule has 6 nitrogen and oxygen atoms in total. The second kappa shape index (κ2) is 11.8. The standard InChI is InChI=1S/C20H25F2N2O4/c1-4-6-7-8-18(25)23-17(11-13-9-14(21)12-15(22)10-13)19(26)24-16(5-2)20(27)28-3/h5,7-10,12,16-17H,4,6,11H2,1-3H3,(H,23,25)(H,24,26)/b8-7+/t16-,17-/m0/s1. The van der Waals surface area contributed by atoms with Gasteiger partial charge in [-0.2, -0.15) is 0 Å². The summed E-state index contributed by atoms with van der Waals surface area (Å²) in [5.41, 5.74) is 0.186. The summed E-state index contributed by atoms with van der Waals surface area (Å²) >= 11 is 0. The Hall–Kier alpha value is -2.77. The summed E-state index contributed by atoms with van der Waals surface area (Å²) in [4.78, 5) is 36.4. The molecule has 0 aliphatic heterocycles. The molecule has 28 heavy (non-hydrogen) atoms. The Bertz CT molecular complexity index is 702. The average Bonchev–Trinajstić information content (AvgIpc) is 2.64. The summed E-state index contributed by atoms with van der Waals surface area (Å²) in [7, 11) is 1.18. The van der Waals surface area contributed by atoms with Crippen molar-refractivity contribution in [1.82, 2.24) is 10.6 Å². The molecule has 2 N–H and O–H groups in total. The van der Waals surface area contributed by atoms with Crippen molar-refractivity contribution in [2.75, 3.05) is 7.11 Å². The maximum Gasteiger partial charge on any atom is 0.328 e. The molecule has 0 aromatic heterocycles. The van der Waals surface area contributed by atoms with Crippen LogP contribution in [0.4, 0.5) is 8.78 Å². The van der Waals surface area contributed by atoms with E-state index in [2.05, 4.69) is 15.4 Å². The summed E-state index contributed by atoms with van der Waals surface area (Å²) in [6, 6.07) is 0.700. The fourth-order valence-corrected chi connectivity index (χ4v) is 2.41.